The summed E-state index contributed by atoms with van der Waals surface area (Å²) in [7, 11) is 2.01. The number of nitro benzene ring substituents is 1. The fourth-order valence-corrected chi connectivity index (χ4v) is 3.25. The first kappa shape index (κ1) is 16.2. The third-order valence-electron chi connectivity index (χ3n) is 4.38. The van der Waals surface area contributed by atoms with Crippen molar-refractivity contribution in [3.63, 3.8) is 0 Å². The molecule has 1 aromatic carbocycles. The molecule has 1 atom stereocenters. The van der Waals surface area contributed by atoms with Crippen LogP contribution >= 0.6 is 0 Å². The minimum absolute atomic E-state index is 0.0318. The Labute approximate surface area is 140 Å². The molecule has 7 nitrogen and oxygen atoms in total. The van der Waals surface area contributed by atoms with Gasteiger partial charge in [-0.15, -0.1) is 0 Å². The molecule has 0 spiro atoms. The van der Waals surface area contributed by atoms with Crippen molar-refractivity contribution in [1.82, 2.24) is 9.47 Å². The topological polar surface area (TPSA) is 80.4 Å². The van der Waals surface area contributed by atoms with E-state index in [1.165, 1.54) is 17.8 Å². The van der Waals surface area contributed by atoms with Crippen LogP contribution in [0.1, 0.15) is 24.6 Å². The zero-order valence-electron chi connectivity index (χ0n) is 13.5. The summed E-state index contributed by atoms with van der Waals surface area (Å²) in [5, 5.41) is 13.6. The number of benzene rings is 1. The van der Waals surface area contributed by atoms with E-state index in [2.05, 4.69) is 20.9 Å². The quantitative estimate of drug-likeness (QED) is 0.676. The third-order valence-corrected chi connectivity index (χ3v) is 4.38. The van der Waals surface area contributed by atoms with Crippen molar-refractivity contribution in [3.8, 4) is 0 Å². The van der Waals surface area contributed by atoms with E-state index >= 15 is 0 Å². The summed E-state index contributed by atoms with van der Waals surface area (Å²) >= 11 is 0. The molecule has 1 saturated heterocycles. The summed E-state index contributed by atoms with van der Waals surface area (Å²) in [5.41, 5.74) is 1.62. The summed E-state index contributed by atoms with van der Waals surface area (Å²) < 4.78 is 2.08. The molecule has 0 radical (unpaired) electrons. The lowest BCUT2D eigenvalue weighted by Gasteiger charge is -2.24. The average Bonchev–Trinajstić information content (AvgIpc) is 3.15. The number of non-ortho nitro benzene ring substituents is 1. The molecular weight excluding hydrogens is 308 g/mol. The van der Waals surface area contributed by atoms with Crippen molar-refractivity contribution >= 4 is 17.3 Å². The van der Waals surface area contributed by atoms with Crippen molar-refractivity contribution in [2.24, 2.45) is 7.05 Å². The van der Waals surface area contributed by atoms with E-state index in [-0.39, 0.29) is 24.2 Å². The number of hydrogen-bond acceptors (Lipinski definition) is 4. The van der Waals surface area contributed by atoms with Gasteiger partial charge in [0.1, 0.15) is 0 Å². The van der Waals surface area contributed by atoms with Gasteiger partial charge in [-0.05, 0) is 37.6 Å². The number of aromatic nitrogens is 1. The predicted molar refractivity (Wildman–Crippen MR) is 90.7 cm³/mol. The van der Waals surface area contributed by atoms with E-state index in [0.29, 0.717) is 5.69 Å². The number of nitrogens with zero attached hydrogens (tertiary/aromatic N) is 3. The maximum Gasteiger partial charge on any atom is 0.271 e. The lowest BCUT2D eigenvalue weighted by atomic mass is 10.1. The monoisotopic (exact) mass is 328 g/mol. The zero-order valence-corrected chi connectivity index (χ0v) is 13.5. The second-order valence-corrected chi connectivity index (χ2v) is 6.03. The van der Waals surface area contributed by atoms with Gasteiger partial charge in [-0.1, -0.05) is 6.07 Å². The van der Waals surface area contributed by atoms with Crippen molar-refractivity contribution in [3.05, 3.63) is 58.4 Å². The van der Waals surface area contributed by atoms with Gasteiger partial charge in [0.05, 0.1) is 17.5 Å². The summed E-state index contributed by atoms with van der Waals surface area (Å²) in [4.78, 5) is 24.8. The molecule has 1 fully saturated rings. The summed E-state index contributed by atoms with van der Waals surface area (Å²) in [6, 6.07) is 10.3. The Morgan fingerprint density at radius 3 is 2.92 bits per heavy atom. The fraction of sp³-hybridized carbons (Fsp3) is 0.353. The van der Waals surface area contributed by atoms with Crippen LogP contribution in [0.3, 0.4) is 0 Å². The molecule has 2 heterocycles. The van der Waals surface area contributed by atoms with Gasteiger partial charge in [0.25, 0.3) is 5.69 Å². The van der Waals surface area contributed by atoms with Crippen LogP contribution in [0.25, 0.3) is 0 Å². The van der Waals surface area contributed by atoms with Crippen LogP contribution in [0, 0.1) is 10.1 Å². The van der Waals surface area contributed by atoms with Gasteiger partial charge < -0.3 is 9.88 Å². The van der Waals surface area contributed by atoms with Crippen LogP contribution in [-0.2, 0) is 11.8 Å². The number of aryl methyl sites for hydroxylation is 1. The highest BCUT2D eigenvalue weighted by molar-refractivity contribution is 5.92. The van der Waals surface area contributed by atoms with E-state index in [9.17, 15) is 14.9 Å². The highest BCUT2D eigenvalue weighted by atomic mass is 16.6. The minimum atomic E-state index is -0.471. The summed E-state index contributed by atoms with van der Waals surface area (Å²) in [6.45, 7) is 1.15. The molecule has 1 aliphatic rings. The van der Waals surface area contributed by atoms with Crippen molar-refractivity contribution in [1.29, 1.82) is 0 Å². The van der Waals surface area contributed by atoms with E-state index in [4.69, 9.17) is 0 Å². The number of hydrogen-bond donors (Lipinski definition) is 1. The first-order valence-electron chi connectivity index (χ1n) is 7.94. The number of amides is 1. The Balaban J connectivity index is 1.65. The maximum atomic E-state index is 12.3. The molecule has 1 aliphatic heterocycles. The Kier molecular flexibility index (Phi) is 4.61. The van der Waals surface area contributed by atoms with Crippen LogP contribution in [0.4, 0.5) is 11.4 Å². The number of nitro groups is 1. The van der Waals surface area contributed by atoms with Crippen molar-refractivity contribution in [2.75, 3.05) is 18.4 Å². The molecule has 126 valence electrons. The first-order chi connectivity index (χ1) is 11.5. The van der Waals surface area contributed by atoms with Crippen LogP contribution < -0.4 is 5.32 Å². The number of carbonyl (C=O) groups is 1. The second-order valence-electron chi connectivity index (χ2n) is 6.03. The second kappa shape index (κ2) is 6.84. The van der Waals surface area contributed by atoms with Gasteiger partial charge in [0, 0.05) is 36.8 Å². The first-order valence-corrected chi connectivity index (χ1v) is 7.94. The van der Waals surface area contributed by atoms with E-state index < -0.39 is 4.92 Å². The van der Waals surface area contributed by atoms with Crippen LogP contribution in [0.2, 0.25) is 0 Å². The largest absolute Gasteiger partial charge is 0.353 e. The Bertz CT molecular complexity index is 756. The molecule has 0 unspecified atom stereocenters. The van der Waals surface area contributed by atoms with Gasteiger partial charge in [0.2, 0.25) is 5.91 Å². The molecule has 2 aromatic rings. The molecule has 0 aliphatic carbocycles. The van der Waals surface area contributed by atoms with Crippen LogP contribution in [0.15, 0.2) is 42.6 Å². The van der Waals surface area contributed by atoms with Gasteiger partial charge >= 0.3 is 0 Å². The van der Waals surface area contributed by atoms with E-state index in [1.54, 1.807) is 12.1 Å². The lowest BCUT2D eigenvalue weighted by molar-refractivity contribution is -0.384. The molecule has 1 aromatic heterocycles. The number of rotatable bonds is 5. The van der Waals surface area contributed by atoms with Gasteiger partial charge in [0.15, 0.2) is 0 Å². The van der Waals surface area contributed by atoms with Crippen LogP contribution in [-0.4, -0.2) is 33.4 Å². The van der Waals surface area contributed by atoms with Crippen LogP contribution in [0.5, 0.6) is 0 Å². The molecule has 1 amide bonds. The highest BCUT2D eigenvalue weighted by Gasteiger charge is 2.29. The molecule has 0 saturated carbocycles. The van der Waals surface area contributed by atoms with E-state index in [1.807, 2.05) is 19.3 Å². The molecule has 0 bridgehead atoms. The number of anilines is 1. The SMILES string of the molecule is Cn1cccc1[C@H]1CCCN1CC(=O)Nc1cccc([N+](=O)[O-])c1. The van der Waals surface area contributed by atoms with E-state index in [0.717, 1.165) is 19.4 Å². The maximum absolute atomic E-state index is 12.3. The highest BCUT2D eigenvalue weighted by Crippen LogP contribution is 2.31. The standard InChI is InChI=1S/C17H20N4O3/c1-19-9-3-7-15(19)16-8-4-10-20(16)12-17(22)18-13-5-2-6-14(11-13)21(23)24/h2-3,5-7,9,11,16H,4,8,10,12H2,1H3,(H,18,22)/t16-/m1/s1. The molecule has 3 rings (SSSR count). The third kappa shape index (κ3) is 3.46. The molecular formula is C17H20N4O3. The van der Waals surface area contributed by atoms with Gasteiger partial charge in [-0.2, -0.15) is 0 Å². The minimum Gasteiger partial charge on any atom is -0.353 e. The van der Waals surface area contributed by atoms with Crippen molar-refractivity contribution in [2.45, 2.75) is 18.9 Å². The lowest BCUT2D eigenvalue weighted by Crippen LogP contribution is -2.33. The predicted octanol–water partition coefficient (Wildman–Crippen LogP) is 2.71. The molecule has 24 heavy (non-hydrogen) atoms. The average molecular weight is 328 g/mol. The number of nitrogens with one attached hydrogen (secondary N) is 1. The fourth-order valence-electron chi connectivity index (χ4n) is 3.25. The molecule has 7 heteroatoms. The Hall–Kier alpha value is -2.67. The zero-order chi connectivity index (χ0) is 17.1. The number of likely N-dealkylation sites (tertiary alicyclic amines) is 1. The van der Waals surface area contributed by atoms with Gasteiger partial charge in [-0.25, -0.2) is 0 Å². The smallest absolute Gasteiger partial charge is 0.271 e. The summed E-state index contributed by atoms with van der Waals surface area (Å²) in [5.74, 6) is -0.156. The summed E-state index contributed by atoms with van der Waals surface area (Å²) in [6.07, 6.45) is 4.09. The van der Waals surface area contributed by atoms with Gasteiger partial charge in [-0.3, -0.25) is 19.8 Å². The Morgan fingerprint density at radius 1 is 1.38 bits per heavy atom. The van der Waals surface area contributed by atoms with Crippen molar-refractivity contribution < 1.29 is 9.72 Å². The molecule has 1 N–H and O–H groups in total. The number of carbonyl (C=O) groups excluding carboxylic acids is 1. The normalized spacial score (nSPS) is 17.8. The Morgan fingerprint density at radius 2 is 2.21 bits per heavy atom.